The summed E-state index contributed by atoms with van der Waals surface area (Å²) < 4.78 is 16.7. The van der Waals surface area contributed by atoms with Crippen LogP contribution in [0.4, 0.5) is 0 Å². The molecule has 0 radical (unpaired) electrons. The molecule has 1 atom stereocenters. The fourth-order valence-corrected chi connectivity index (χ4v) is 7.03. The molecular weight excluding hydrogens is 661 g/mol. The van der Waals surface area contributed by atoms with Crippen LogP contribution in [0, 0.1) is 0 Å². The van der Waals surface area contributed by atoms with Crippen molar-refractivity contribution >= 4 is 17.9 Å². The van der Waals surface area contributed by atoms with E-state index in [-0.39, 0.29) is 31.1 Å². The highest BCUT2D eigenvalue weighted by Crippen LogP contribution is 2.16. The summed E-state index contributed by atoms with van der Waals surface area (Å²) in [7, 11) is 0. The van der Waals surface area contributed by atoms with Crippen molar-refractivity contribution in [3.63, 3.8) is 0 Å². The van der Waals surface area contributed by atoms with E-state index < -0.39 is 6.10 Å². The molecule has 0 aliphatic heterocycles. The standard InChI is InChI=1S/C47H90O6/c1-4-7-10-13-16-18-20-21-22-23-24-25-27-29-32-35-38-41-47(50)53-44(42-51-45(48)39-36-33-30-15-12-9-6-3)43-52-46(49)40-37-34-31-28-26-19-17-14-11-8-5-2/h44H,4-43H2,1-3H3/t44-/m1/s1. The van der Waals surface area contributed by atoms with E-state index in [0.29, 0.717) is 19.3 Å². The Balaban J connectivity index is 4.22. The van der Waals surface area contributed by atoms with E-state index in [9.17, 15) is 14.4 Å². The van der Waals surface area contributed by atoms with Crippen LogP contribution >= 0.6 is 0 Å². The third-order valence-corrected chi connectivity index (χ3v) is 10.6. The number of carbonyl (C=O) groups excluding carboxylic acids is 3. The Kier molecular flexibility index (Phi) is 41.8. The lowest BCUT2D eigenvalue weighted by Gasteiger charge is -2.18. The van der Waals surface area contributed by atoms with Crippen LogP contribution in [0.1, 0.15) is 265 Å². The first kappa shape index (κ1) is 51.4. The van der Waals surface area contributed by atoms with Crippen LogP contribution in [-0.2, 0) is 28.6 Å². The Morgan fingerprint density at radius 3 is 0.755 bits per heavy atom. The zero-order valence-electron chi connectivity index (χ0n) is 35.8. The first-order valence-electron chi connectivity index (χ1n) is 23.5. The van der Waals surface area contributed by atoms with Crippen LogP contribution in [0.5, 0.6) is 0 Å². The Morgan fingerprint density at radius 2 is 0.509 bits per heavy atom. The molecule has 0 spiro atoms. The molecule has 0 aliphatic rings. The highest BCUT2D eigenvalue weighted by atomic mass is 16.6. The lowest BCUT2D eigenvalue weighted by Crippen LogP contribution is -2.30. The van der Waals surface area contributed by atoms with Crippen LogP contribution in [0.25, 0.3) is 0 Å². The third-order valence-electron chi connectivity index (χ3n) is 10.6. The molecule has 0 N–H and O–H groups in total. The highest BCUT2D eigenvalue weighted by molar-refractivity contribution is 5.71. The Bertz CT molecular complexity index is 783. The first-order valence-corrected chi connectivity index (χ1v) is 23.5. The summed E-state index contributed by atoms with van der Waals surface area (Å²) in [6.07, 6.45) is 43.8. The average Bonchev–Trinajstić information content (AvgIpc) is 3.15. The SMILES string of the molecule is CCCCCCCCCCCCCCCCCCCC(=O)O[C@H](COC(=O)CCCCCCCCC)COC(=O)CCCCCCCCCCCCC. The minimum Gasteiger partial charge on any atom is -0.462 e. The quantitative estimate of drug-likeness (QED) is 0.0351. The van der Waals surface area contributed by atoms with Gasteiger partial charge in [0.25, 0.3) is 0 Å². The minimum atomic E-state index is -0.757. The Labute approximate surface area is 329 Å². The number of ether oxygens (including phenoxy) is 3. The summed E-state index contributed by atoms with van der Waals surface area (Å²) in [6.45, 7) is 6.61. The van der Waals surface area contributed by atoms with Gasteiger partial charge in [-0.3, -0.25) is 14.4 Å². The van der Waals surface area contributed by atoms with E-state index >= 15 is 0 Å². The molecule has 0 aromatic carbocycles. The fraction of sp³-hybridized carbons (Fsp3) is 0.936. The van der Waals surface area contributed by atoms with E-state index in [0.717, 1.165) is 57.8 Å². The van der Waals surface area contributed by atoms with Gasteiger partial charge in [0.2, 0.25) is 0 Å². The number of esters is 3. The molecule has 0 saturated heterocycles. The smallest absolute Gasteiger partial charge is 0.306 e. The normalized spacial score (nSPS) is 11.8. The molecule has 0 saturated carbocycles. The van der Waals surface area contributed by atoms with Gasteiger partial charge >= 0.3 is 17.9 Å². The third kappa shape index (κ3) is 41.4. The molecule has 0 amide bonds. The number of unbranched alkanes of at least 4 members (excludes halogenated alkanes) is 32. The Morgan fingerprint density at radius 1 is 0.302 bits per heavy atom. The highest BCUT2D eigenvalue weighted by Gasteiger charge is 2.19. The van der Waals surface area contributed by atoms with Gasteiger partial charge in [-0.05, 0) is 19.3 Å². The molecule has 0 bridgehead atoms. The predicted octanol–water partition coefficient (Wildman–Crippen LogP) is 14.9. The van der Waals surface area contributed by atoms with Gasteiger partial charge in [-0.25, -0.2) is 0 Å². The molecule has 0 aliphatic carbocycles. The molecule has 53 heavy (non-hydrogen) atoms. The van der Waals surface area contributed by atoms with Crippen molar-refractivity contribution in [2.75, 3.05) is 13.2 Å². The minimum absolute atomic E-state index is 0.0631. The van der Waals surface area contributed by atoms with Gasteiger partial charge in [0.05, 0.1) is 0 Å². The van der Waals surface area contributed by atoms with Gasteiger partial charge in [-0.2, -0.15) is 0 Å². The van der Waals surface area contributed by atoms with Crippen molar-refractivity contribution in [1.82, 2.24) is 0 Å². The maximum absolute atomic E-state index is 12.7. The van der Waals surface area contributed by atoms with Gasteiger partial charge in [0.15, 0.2) is 6.10 Å². The van der Waals surface area contributed by atoms with E-state index in [1.807, 2.05) is 0 Å². The largest absolute Gasteiger partial charge is 0.462 e. The van der Waals surface area contributed by atoms with Gasteiger partial charge in [0, 0.05) is 19.3 Å². The molecule has 0 aromatic heterocycles. The van der Waals surface area contributed by atoms with E-state index in [1.54, 1.807) is 0 Å². The zero-order chi connectivity index (χ0) is 38.7. The lowest BCUT2D eigenvalue weighted by atomic mass is 10.0. The summed E-state index contributed by atoms with van der Waals surface area (Å²) in [5, 5.41) is 0. The van der Waals surface area contributed by atoms with E-state index in [2.05, 4.69) is 20.8 Å². The molecular formula is C47H90O6. The Hall–Kier alpha value is -1.59. The van der Waals surface area contributed by atoms with Crippen molar-refractivity contribution in [3.05, 3.63) is 0 Å². The van der Waals surface area contributed by atoms with Crippen molar-refractivity contribution < 1.29 is 28.6 Å². The van der Waals surface area contributed by atoms with Crippen LogP contribution in [-0.4, -0.2) is 37.2 Å². The fourth-order valence-electron chi connectivity index (χ4n) is 7.03. The summed E-state index contributed by atoms with van der Waals surface area (Å²) in [4.78, 5) is 37.6. The molecule has 0 rings (SSSR count). The second-order valence-corrected chi connectivity index (χ2v) is 16.0. The van der Waals surface area contributed by atoms with Crippen LogP contribution < -0.4 is 0 Å². The lowest BCUT2D eigenvalue weighted by molar-refractivity contribution is -0.167. The molecule has 0 aromatic rings. The maximum atomic E-state index is 12.7. The number of carbonyl (C=O) groups is 3. The van der Waals surface area contributed by atoms with E-state index in [1.165, 1.54) is 167 Å². The molecule has 6 heteroatoms. The molecule has 0 fully saturated rings. The summed E-state index contributed by atoms with van der Waals surface area (Å²) in [5.74, 6) is -0.856. The monoisotopic (exact) mass is 751 g/mol. The van der Waals surface area contributed by atoms with Crippen molar-refractivity contribution in [2.45, 2.75) is 271 Å². The molecule has 6 nitrogen and oxygen atoms in total. The summed E-state index contributed by atoms with van der Waals surface area (Å²) in [6, 6.07) is 0. The average molecular weight is 751 g/mol. The molecule has 0 heterocycles. The van der Waals surface area contributed by atoms with Gasteiger partial charge in [-0.15, -0.1) is 0 Å². The van der Waals surface area contributed by atoms with Crippen molar-refractivity contribution in [2.24, 2.45) is 0 Å². The maximum Gasteiger partial charge on any atom is 0.306 e. The van der Waals surface area contributed by atoms with Gasteiger partial charge in [0.1, 0.15) is 13.2 Å². The predicted molar refractivity (Wildman–Crippen MR) is 224 cm³/mol. The molecule has 314 valence electrons. The van der Waals surface area contributed by atoms with Crippen LogP contribution in [0.15, 0.2) is 0 Å². The first-order chi connectivity index (χ1) is 26.0. The number of hydrogen-bond donors (Lipinski definition) is 0. The van der Waals surface area contributed by atoms with Gasteiger partial charge in [-0.1, -0.05) is 226 Å². The number of hydrogen-bond acceptors (Lipinski definition) is 6. The number of rotatable bonds is 43. The van der Waals surface area contributed by atoms with Gasteiger partial charge < -0.3 is 14.2 Å². The summed E-state index contributed by atoms with van der Waals surface area (Å²) >= 11 is 0. The van der Waals surface area contributed by atoms with Crippen molar-refractivity contribution in [1.29, 1.82) is 0 Å². The second kappa shape index (κ2) is 43.1. The zero-order valence-corrected chi connectivity index (χ0v) is 35.8. The summed E-state index contributed by atoms with van der Waals surface area (Å²) in [5.41, 5.74) is 0. The molecule has 0 unspecified atom stereocenters. The second-order valence-electron chi connectivity index (χ2n) is 16.0. The van der Waals surface area contributed by atoms with Crippen LogP contribution in [0.2, 0.25) is 0 Å². The van der Waals surface area contributed by atoms with Crippen molar-refractivity contribution in [3.8, 4) is 0 Å². The topological polar surface area (TPSA) is 78.9 Å². The van der Waals surface area contributed by atoms with E-state index in [4.69, 9.17) is 14.2 Å². The van der Waals surface area contributed by atoms with Crippen LogP contribution in [0.3, 0.4) is 0 Å².